The number of carbonyl (C=O) groups excluding carboxylic acids is 4. The van der Waals surface area contributed by atoms with E-state index in [4.69, 9.17) is 21.1 Å². The lowest BCUT2D eigenvalue weighted by molar-refractivity contribution is -0.146. The highest BCUT2D eigenvalue weighted by molar-refractivity contribution is 6.31. The van der Waals surface area contributed by atoms with Crippen molar-refractivity contribution in [1.29, 1.82) is 0 Å². The number of rotatable bonds is 10. The molecule has 0 bridgehead atoms. The molecule has 0 aliphatic heterocycles. The first kappa shape index (κ1) is 25.5. The van der Waals surface area contributed by atoms with Gasteiger partial charge < -0.3 is 29.6 Å². The van der Waals surface area contributed by atoms with Crippen molar-refractivity contribution >= 4 is 46.9 Å². The van der Waals surface area contributed by atoms with E-state index < -0.39 is 23.9 Å². The average molecular weight is 455 g/mol. The second-order valence-corrected chi connectivity index (χ2v) is 5.97. The molecule has 31 heavy (non-hydrogen) atoms. The zero-order valence-corrected chi connectivity index (χ0v) is 18.2. The molecule has 0 aromatic heterocycles. The Morgan fingerprint density at radius 2 is 1.55 bits per heavy atom. The molecule has 168 valence electrons. The fourth-order valence-corrected chi connectivity index (χ4v) is 2.26. The van der Waals surface area contributed by atoms with Crippen molar-refractivity contribution in [2.75, 3.05) is 38.1 Å². The predicted octanol–water partition coefficient (Wildman–Crippen LogP) is 2.40. The van der Waals surface area contributed by atoms with E-state index in [2.05, 4.69) is 20.1 Å². The summed E-state index contributed by atoms with van der Waals surface area (Å²) in [4.78, 5) is 47.8. The highest BCUT2D eigenvalue weighted by atomic mass is 35.5. The molecule has 2 N–H and O–H groups in total. The first-order chi connectivity index (χ1) is 14.8. The first-order valence-corrected chi connectivity index (χ1v) is 9.40. The molecule has 0 unspecified atom stereocenters. The maximum absolute atomic E-state index is 12.1. The standard InChI is InChI=1S/C20H23ClN2O8/c1-5-30-18(25)13(19(26)31-6-2)11-22-14-8-7-12(21)9-15(14)23-16(20(27)29-4)10-17(24)28-3/h7-11,22-23H,5-6H2,1-4H3/b16-10+. The minimum Gasteiger partial charge on any atom is -0.466 e. The van der Waals surface area contributed by atoms with Crippen molar-refractivity contribution in [1.82, 2.24) is 0 Å². The monoisotopic (exact) mass is 454 g/mol. The molecule has 0 atom stereocenters. The summed E-state index contributed by atoms with van der Waals surface area (Å²) >= 11 is 6.03. The van der Waals surface area contributed by atoms with Crippen LogP contribution in [-0.2, 0) is 38.1 Å². The van der Waals surface area contributed by atoms with Crippen LogP contribution in [0.4, 0.5) is 11.4 Å². The topological polar surface area (TPSA) is 129 Å². The van der Waals surface area contributed by atoms with E-state index in [9.17, 15) is 19.2 Å². The summed E-state index contributed by atoms with van der Waals surface area (Å²) in [5, 5.41) is 5.78. The summed E-state index contributed by atoms with van der Waals surface area (Å²) in [6, 6.07) is 4.49. The van der Waals surface area contributed by atoms with Crippen molar-refractivity contribution in [3.05, 3.63) is 46.8 Å². The van der Waals surface area contributed by atoms with Gasteiger partial charge in [0, 0.05) is 11.2 Å². The molecule has 1 aromatic carbocycles. The van der Waals surface area contributed by atoms with Gasteiger partial charge in [-0.2, -0.15) is 0 Å². The van der Waals surface area contributed by atoms with Crippen LogP contribution < -0.4 is 10.6 Å². The Labute approximate surface area is 184 Å². The van der Waals surface area contributed by atoms with Crippen LogP contribution in [0.3, 0.4) is 0 Å². The molecule has 1 aromatic rings. The lowest BCUT2D eigenvalue weighted by Crippen LogP contribution is -2.20. The van der Waals surface area contributed by atoms with Crippen molar-refractivity contribution in [2.24, 2.45) is 0 Å². The van der Waals surface area contributed by atoms with Gasteiger partial charge in [0.05, 0.1) is 44.9 Å². The van der Waals surface area contributed by atoms with Crippen LogP contribution in [-0.4, -0.2) is 51.3 Å². The third-order valence-electron chi connectivity index (χ3n) is 3.48. The number of ether oxygens (including phenoxy) is 4. The minimum absolute atomic E-state index is 0.0597. The van der Waals surface area contributed by atoms with Gasteiger partial charge in [-0.25, -0.2) is 19.2 Å². The molecule has 0 saturated heterocycles. The average Bonchev–Trinajstić information content (AvgIpc) is 2.74. The minimum atomic E-state index is -0.877. The van der Waals surface area contributed by atoms with Gasteiger partial charge in [-0.15, -0.1) is 0 Å². The van der Waals surface area contributed by atoms with E-state index in [1.165, 1.54) is 18.2 Å². The maximum Gasteiger partial charge on any atom is 0.354 e. The maximum atomic E-state index is 12.1. The lowest BCUT2D eigenvalue weighted by Gasteiger charge is -2.14. The van der Waals surface area contributed by atoms with Gasteiger partial charge in [0.1, 0.15) is 5.70 Å². The molecule has 10 nitrogen and oxygen atoms in total. The van der Waals surface area contributed by atoms with Gasteiger partial charge in [0.25, 0.3) is 0 Å². The number of methoxy groups -OCH3 is 2. The zero-order chi connectivity index (χ0) is 23.4. The molecule has 0 heterocycles. The molecular weight excluding hydrogens is 432 g/mol. The van der Waals surface area contributed by atoms with Crippen LogP contribution >= 0.6 is 11.6 Å². The second kappa shape index (κ2) is 12.9. The highest BCUT2D eigenvalue weighted by Gasteiger charge is 2.21. The molecule has 0 amide bonds. The Hall–Kier alpha value is -3.53. The van der Waals surface area contributed by atoms with Crippen LogP contribution in [0.25, 0.3) is 0 Å². The Morgan fingerprint density at radius 1 is 0.935 bits per heavy atom. The molecule has 1 rings (SSSR count). The van der Waals surface area contributed by atoms with E-state index in [1.807, 2.05) is 0 Å². The summed E-state index contributed by atoms with van der Waals surface area (Å²) in [5.41, 5.74) is -0.0749. The van der Waals surface area contributed by atoms with Gasteiger partial charge in [0.2, 0.25) is 0 Å². The third-order valence-corrected chi connectivity index (χ3v) is 3.72. The van der Waals surface area contributed by atoms with Gasteiger partial charge in [0.15, 0.2) is 5.57 Å². The number of anilines is 2. The fraction of sp³-hybridized carbons (Fsp3) is 0.300. The predicted molar refractivity (Wildman–Crippen MR) is 112 cm³/mol. The molecule has 0 aliphatic rings. The van der Waals surface area contributed by atoms with Crippen LogP contribution in [0.2, 0.25) is 5.02 Å². The molecule has 0 radical (unpaired) electrons. The van der Waals surface area contributed by atoms with E-state index in [1.54, 1.807) is 13.8 Å². The molecule has 0 spiro atoms. The van der Waals surface area contributed by atoms with Crippen LogP contribution in [0.5, 0.6) is 0 Å². The Balaban J connectivity index is 3.32. The van der Waals surface area contributed by atoms with Gasteiger partial charge in [-0.1, -0.05) is 11.6 Å². The number of hydrogen-bond donors (Lipinski definition) is 2. The summed E-state index contributed by atoms with van der Waals surface area (Å²) < 4.78 is 18.9. The van der Waals surface area contributed by atoms with E-state index >= 15 is 0 Å². The number of nitrogens with one attached hydrogen (secondary N) is 2. The van der Waals surface area contributed by atoms with Crippen molar-refractivity contribution in [3.8, 4) is 0 Å². The molecule has 11 heteroatoms. The first-order valence-electron chi connectivity index (χ1n) is 9.02. The summed E-state index contributed by atoms with van der Waals surface area (Å²) in [5.74, 6) is -3.39. The SMILES string of the molecule is CCOC(=O)C(=CNc1ccc(Cl)cc1N/C(=C/C(=O)OC)C(=O)OC)C(=O)OCC. The quantitative estimate of drug-likeness (QED) is 0.179. The van der Waals surface area contributed by atoms with Crippen LogP contribution in [0.15, 0.2) is 41.7 Å². The molecular formula is C20H23ClN2O8. The van der Waals surface area contributed by atoms with Gasteiger partial charge in [-0.05, 0) is 32.0 Å². The van der Waals surface area contributed by atoms with Crippen molar-refractivity contribution in [3.63, 3.8) is 0 Å². The zero-order valence-electron chi connectivity index (χ0n) is 17.4. The molecule has 0 fully saturated rings. The van der Waals surface area contributed by atoms with Crippen LogP contribution in [0, 0.1) is 0 Å². The second-order valence-electron chi connectivity index (χ2n) is 5.53. The largest absolute Gasteiger partial charge is 0.466 e. The highest BCUT2D eigenvalue weighted by Crippen LogP contribution is 2.27. The summed E-state index contributed by atoms with van der Waals surface area (Å²) in [6.45, 7) is 3.31. The summed E-state index contributed by atoms with van der Waals surface area (Å²) in [7, 11) is 2.29. The number of carbonyl (C=O) groups is 4. The van der Waals surface area contributed by atoms with Crippen molar-refractivity contribution < 1.29 is 38.1 Å². The molecule has 0 saturated carbocycles. The van der Waals surface area contributed by atoms with Crippen molar-refractivity contribution in [2.45, 2.75) is 13.8 Å². The summed E-state index contributed by atoms with van der Waals surface area (Å²) in [6.07, 6.45) is 2.00. The van der Waals surface area contributed by atoms with E-state index in [0.29, 0.717) is 10.7 Å². The Morgan fingerprint density at radius 3 is 2.06 bits per heavy atom. The van der Waals surface area contributed by atoms with E-state index in [-0.39, 0.29) is 30.2 Å². The lowest BCUT2D eigenvalue weighted by atomic mass is 10.2. The number of benzene rings is 1. The Kier molecular flexibility index (Phi) is 10.6. The van der Waals surface area contributed by atoms with Gasteiger partial charge >= 0.3 is 23.9 Å². The van der Waals surface area contributed by atoms with Gasteiger partial charge in [-0.3, -0.25) is 0 Å². The third kappa shape index (κ3) is 8.01. The fourth-order valence-electron chi connectivity index (χ4n) is 2.09. The normalized spacial score (nSPS) is 10.4. The number of esters is 4. The molecule has 0 aliphatic carbocycles. The number of hydrogen-bond acceptors (Lipinski definition) is 10. The van der Waals surface area contributed by atoms with E-state index in [0.717, 1.165) is 26.5 Å². The van der Waals surface area contributed by atoms with Crippen LogP contribution in [0.1, 0.15) is 13.8 Å². The smallest absolute Gasteiger partial charge is 0.354 e. The Bertz CT molecular complexity index is 875. The number of halogens is 1.